The molecule has 1 aromatic carbocycles. The van der Waals surface area contributed by atoms with Crippen LogP contribution in [0.4, 0.5) is 32.0 Å². The van der Waals surface area contributed by atoms with Crippen LogP contribution in [0.1, 0.15) is 17.5 Å². The first-order chi connectivity index (χ1) is 13.4. The molecule has 2 aromatic heterocycles. The summed E-state index contributed by atoms with van der Waals surface area (Å²) in [5, 5.41) is 4.04. The van der Waals surface area contributed by atoms with Crippen molar-refractivity contribution in [3.05, 3.63) is 57.5 Å². The fraction of sp³-hybridized carbons (Fsp3) is 0.235. The van der Waals surface area contributed by atoms with E-state index in [0.717, 1.165) is 4.57 Å². The highest BCUT2D eigenvalue weighted by atomic mass is 32.1. The molecule has 0 saturated heterocycles. The molecule has 0 aliphatic heterocycles. The second-order valence-electron chi connectivity index (χ2n) is 5.98. The summed E-state index contributed by atoms with van der Waals surface area (Å²) in [6, 6.07) is 2.36. The molecule has 3 aromatic rings. The molecular formula is C17H11F6N3O2S. The molecule has 0 radical (unpaired) electrons. The number of aromatic nitrogens is 2. The van der Waals surface area contributed by atoms with E-state index in [0.29, 0.717) is 22.3 Å². The largest absolute Gasteiger partial charge is 0.416 e. The zero-order valence-electron chi connectivity index (χ0n) is 14.3. The smallest absolute Gasteiger partial charge is 0.326 e. The molecule has 5 nitrogen and oxygen atoms in total. The average molecular weight is 435 g/mol. The normalized spacial score (nSPS) is 12.3. The van der Waals surface area contributed by atoms with E-state index in [2.05, 4.69) is 4.98 Å². The zero-order chi connectivity index (χ0) is 21.4. The van der Waals surface area contributed by atoms with E-state index >= 15 is 0 Å². The third-order valence-corrected chi connectivity index (χ3v) is 4.72. The van der Waals surface area contributed by atoms with Crippen LogP contribution in [0, 0.1) is 0 Å². The summed E-state index contributed by atoms with van der Waals surface area (Å²) in [5.41, 5.74) is -4.12. The number of hydrogen-bond donors (Lipinski definition) is 1. The van der Waals surface area contributed by atoms with Crippen molar-refractivity contribution < 1.29 is 31.1 Å². The molecule has 0 saturated carbocycles. The Morgan fingerprint density at radius 1 is 1.07 bits per heavy atom. The zero-order valence-corrected chi connectivity index (χ0v) is 15.1. The Morgan fingerprint density at radius 3 is 2.28 bits per heavy atom. The van der Waals surface area contributed by atoms with Crippen molar-refractivity contribution in [2.45, 2.75) is 25.3 Å². The number of aryl methyl sites for hydroxylation is 1. The SMILES string of the molecule is O=C(CCn1cnc2sccc2c1=O)Nc1cc(C(F)(F)F)cc(C(F)(F)F)c1. The van der Waals surface area contributed by atoms with Crippen LogP contribution >= 0.6 is 11.3 Å². The Hall–Kier alpha value is -2.89. The maximum atomic E-state index is 12.9. The molecule has 0 aliphatic carbocycles. The summed E-state index contributed by atoms with van der Waals surface area (Å²) in [5.74, 6) is -0.852. The number of rotatable bonds is 4. The van der Waals surface area contributed by atoms with Gasteiger partial charge in [-0.2, -0.15) is 26.3 Å². The van der Waals surface area contributed by atoms with Gasteiger partial charge in [0.05, 0.1) is 22.8 Å². The van der Waals surface area contributed by atoms with Gasteiger partial charge < -0.3 is 5.32 Å². The number of hydrogen-bond acceptors (Lipinski definition) is 4. The van der Waals surface area contributed by atoms with Crippen LogP contribution < -0.4 is 10.9 Å². The number of carbonyl (C=O) groups excluding carboxylic acids is 1. The second-order valence-corrected chi connectivity index (χ2v) is 6.87. The van der Waals surface area contributed by atoms with Gasteiger partial charge in [0, 0.05) is 18.7 Å². The van der Waals surface area contributed by atoms with Gasteiger partial charge in [0.1, 0.15) is 4.83 Å². The number of thiophene rings is 1. The number of carbonyl (C=O) groups is 1. The lowest BCUT2D eigenvalue weighted by atomic mass is 10.1. The van der Waals surface area contributed by atoms with E-state index < -0.39 is 40.6 Å². The van der Waals surface area contributed by atoms with Crippen molar-refractivity contribution in [2.24, 2.45) is 0 Å². The van der Waals surface area contributed by atoms with E-state index in [4.69, 9.17) is 0 Å². The quantitative estimate of drug-likeness (QED) is 0.613. The molecule has 3 rings (SSSR count). The van der Waals surface area contributed by atoms with Gasteiger partial charge in [-0.1, -0.05) is 0 Å². The number of fused-ring (bicyclic) bond motifs is 1. The maximum Gasteiger partial charge on any atom is 0.416 e. The predicted molar refractivity (Wildman–Crippen MR) is 93.6 cm³/mol. The van der Waals surface area contributed by atoms with Gasteiger partial charge in [-0.05, 0) is 29.6 Å². The highest BCUT2D eigenvalue weighted by Crippen LogP contribution is 2.37. The summed E-state index contributed by atoms with van der Waals surface area (Å²) in [4.78, 5) is 28.8. The third-order valence-electron chi connectivity index (χ3n) is 3.90. The number of alkyl halides is 6. The molecule has 0 aliphatic rings. The summed E-state index contributed by atoms with van der Waals surface area (Å²) in [7, 11) is 0. The second kappa shape index (κ2) is 7.50. The van der Waals surface area contributed by atoms with E-state index in [-0.39, 0.29) is 19.0 Å². The lowest BCUT2D eigenvalue weighted by Gasteiger charge is -2.15. The lowest BCUT2D eigenvalue weighted by Crippen LogP contribution is -2.23. The number of halogens is 6. The van der Waals surface area contributed by atoms with Crippen molar-refractivity contribution in [2.75, 3.05) is 5.32 Å². The van der Waals surface area contributed by atoms with Crippen LogP contribution in [-0.4, -0.2) is 15.5 Å². The number of nitrogens with zero attached hydrogens (tertiary/aromatic N) is 2. The third kappa shape index (κ3) is 4.75. The Kier molecular flexibility index (Phi) is 5.39. The van der Waals surface area contributed by atoms with Crippen molar-refractivity contribution >= 4 is 33.1 Å². The number of nitrogens with one attached hydrogen (secondary N) is 1. The first kappa shape index (κ1) is 20.8. The van der Waals surface area contributed by atoms with Crippen LogP contribution in [-0.2, 0) is 23.7 Å². The van der Waals surface area contributed by atoms with Crippen molar-refractivity contribution in [3.63, 3.8) is 0 Å². The minimum absolute atomic E-state index is 0.0308. The summed E-state index contributed by atoms with van der Waals surface area (Å²) in [6.07, 6.45) is -9.17. The number of amides is 1. The Bertz CT molecular complexity index is 1080. The first-order valence-electron chi connectivity index (χ1n) is 7.97. The highest BCUT2D eigenvalue weighted by Gasteiger charge is 2.37. The van der Waals surface area contributed by atoms with E-state index in [1.165, 1.54) is 17.7 Å². The number of benzene rings is 1. The monoisotopic (exact) mass is 435 g/mol. The van der Waals surface area contributed by atoms with Crippen molar-refractivity contribution in [1.82, 2.24) is 9.55 Å². The lowest BCUT2D eigenvalue weighted by molar-refractivity contribution is -0.143. The molecule has 1 amide bonds. The van der Waals surface area contributed by atoms with Crippen LogP contribution in [0.15, 0.2) is 40.8 Å². The topological polar surface area (TPSA) is 64.0 Å². The van der Waals surface area contributed by atoms with Gasteiger partial charge in [0.2, 0.25) is 5.91 Å². The van der Waals surface area contributed by atoms with E-state index in [1.807, 2.05) is 5.32 Å². The molecule has 0 unspecified atom stereocenters. The Balaban J connectivity index is 1.77. The first-order valence-corrected chi connectivity index (χ1v) is 8.85. The van der Waals surface area contributed by atoms with Crippen LogP contribution in [0.2, 0.25) is 0 Å². The molecule has 1 N–H and O–H groups in total. The molecule has 29 heavy (non-hydrogen) atoms. The van der Waals surface area contributed by atoms with E-state index in [1.54, 1.807) is 11.4 Å². The van der Waals surface area contributed by atoms with E-state index in [9.17, 15) is 35.9 Å². The van der Waals surface area contributed by atoms with Gasteiger partial charge >= 0.3 is 12.4 Å². The molecule has 0 spiro atoms. The van der Waals surface area contributed by atoms with Crippen LogP contribution in [0.3, 0.4) is 0 Å². The number of anilines is 1. The Morgan fingerprint density at radius 2 is 1.69 bits per heavy atom. The van der Waals surface area contributed by atoms with Crippen molar-refractivity contribution in [3.8, 4) is 0 Å². The van der Waals surface area contributed by atoms with Gasteiger partial charge in [-0.25, -0.2) is 4.98 Å². The molecule has 154 valence electrons. The Labute approximate surface area is 162 Å². The minimum atomic E-state index is -5.02. The molecule has 2 heterocycles. The predicted octanol–water partition coefficient (Wildman–Crippen LogP) is 4.52. The minimum Gasteiger partial charge on any atom is -0.326 e. The molecular weight excluding hydrogens is 424 g/mol. The molecule has 12 heteroatoms. The molecule has 0 fully saturated rings. The van der Waals surface area contributed by atoms with Gasteiger partial charge in [-0.3, -0.25) is 14.2 Å². The van der Waals surface area contributed by atoms with Gasteiger partial charge in [0.25, 0.3) is 5.56 Å². The van der Waals surface area contributed by atoms with Crippen molar-refractivity contribution in [1.29, 1.82) is 0 Å². The van der Waals surface area contributed by atoms with Crippen LogP contribution in [0.25, 0.3) is 10.2 Å². The standard InChI is InChI=1S/C17H11F6N3O2S/c18-16(19,20)9-5-10(17(21,22)23)7-11(6-9)25-13(27)1-3-26-8-24-14-12(15(26)28)2-4-29-14/h2,4-8H,1,3H2,(H,25,27). The highest BCUT2D eigenvalue weighted by molar-refractivity contribution is 7.16. The molecule has 0 bridgehead atoms. The van der Waals surface area contributed by atoms with Gasteiger partial charge in [-0.15, -0.1) is 11.3 Å². The summed E-state index contributed by atoms with van der Waals surface area (Å²) in [6.45, 7) is -0.144. The van der Waals surface area contributed by atoms with Crippen LogP contribution in [0.5, 0.6) is 0 Å². The van der Waals surface area contributed by atoms with Gasteiger partial charge in [0.15, 0.2) is 0 Å². The molecule has 0 atom stereocenters. The fourth-order valence-corrected chi connectivity index (χ4v) is 3.25. The average Bonchev–Trinajstić information content (AvgIpc) is 3.09. The maximum absolute atomic E-state index is 12.9. The summed E-state index contributed by atoms with van der Waals surface area (Å²) >= 11 is 1.26. The fourth-order valence-electron chi connectivity index (χ4n) is 2.53. The summed E-state index contributed by atoms with van der Waals surface area (Å²) < 4.78 is 78.3.